The highest BCUT2D eigenvalue weighted by atomic mass is 16.5. The van der Waals surface area contributed by atoms with Gasteiger partial charge in [-0.05, 0) is 105 Å². The van der Waals surface area contributed by atoms with Gasteiger partial charge in [-0.2, -0.15) is 0 Å². The summed E-state index contributed by atoms with van der Waals surface area (Å²) >= 11 is 0. The maximum atomic E-state index is 13.6. The molecule has 0 aliphatic rings. The third kappa shape index (κ3) is 26.5. The molecule has 8 amide bonds. The van der Waals surface area contributed by atoms with Crippen molar-refractivity contribution in [2.24, 2.45) is 0 Å². The fraction of sp³-hybridized carbons (Fsp3) is 0.509. The van der Waals surface area contributed by atoms with Gasteiger partial charge in [-0.25, -0.2) is 0 Å². The maximum absolute atomic E-state index is 13.6. The van der Waals surface area contributed by atoms with Crippen LogP contribution in [-0.2, 0) is 38.2 Å². The minimum Gasteiger partial charge on any atom is -0.497 e. The maximum Gasteiger partial charge on any atom is 0.251 e. The van der Waals surface area contributed by atoms with E-state index in [9.17, 15) is 38.4 Å². The number of carbonyl (C=O) groups excluding carboxylic acids is 8. The number of ether oxygens (including phenoxy) is 6. The van der Waals surface area contributed by atoms with Crippen molar-refractivity contribution < 1.29 is 66.8 Å². The van der Waals surface area contributed by atoms with Crippen LogP contribution < -0.4 is 56.7 Å². The van der Waals surface area contributed by atoms with Gasteiger partial charge in [0.1, 0.15) is 22.8 Å². The minimum atomic E-state index is -1.36. The van der Waals surface area contributed by atoms with E-state index in [4.69, 9.17) is 28.4 Å². The number of hydrogen-bond donors (Lipinski definition) is 8. The molecule has 3 aromatic carbocycles. The predicted molar refractivity (Wildman–Crippen MR) is 279 cm³/mol. The summed E-state index contributed by atoms with van der Waals surface area (Å²) in [6.45, 7) is 4.31. The van der Waals surface area contributed by atoms with E-state index < -0.39 is 11.4 Å². The fourth-order valence-corrected chi connectivity index (χ4v) is 7.01. The normalized spacial score (nSPS) is 11.3. The average Bonchev–Trinajstić information content (AvgIpc) is 3.41. The van der Waals surface area contributed by atoms with E-state index in [-0.39, 0.29) is 113 Å². The van der Waals surface area contributed by atoms with Crippen LogP contribution in [0.1, 0.15) is 96.3 Å². The van der Waals surface area contributed by atoms with E-state index in [2.05, 4.69) is 42.5 Å². The molecule has 3 aromatic rings. The standard InChI is InChI=1S/C53H76N8O14/c1-38(60-39(2)62)9-22-49(66)61-53(35-73-32-23-46(63)54-26-6-29-57-50(67)40-10-16-43(70-3)17-11-40,36-74-33-24-47(64)55-27-7-30-58-51(68)41-12-18-44(71-4)19-13-41)37-75-34-25-48(65)56-28-8-31-59-52(69)42-14-20-45(72-5)21-15-42/h10-21,38H,6-9,22-37H2,1-5H3,(H,54,63)(H,55,64)(H,56,65)(H,57,67)(H,58,68)(H,59,69)(H,60,62)(H,61,66). The van der Waals surface area contributed by atoms with Crippen molar-refractivity contribution in [2.45, 2.75) is 76.8 Å². The first-order chi connectivity index (χ1) is 36.1. The number of nitrogens with one attached hydrogen (secondary N) is 8. The van der Waals surface area contributed by atoms with Gasteiger partial charge in [0, 0.05) is 94.6 Å². The molecule has 75 heavy (non-hydrogen) atoms. The molecule has 22 nitrogen and oxygen atoms in total. The molecule has 1 atom stereocenters. The molecular formula is C53H76N8O14. The lowest BCUT2D eigenvalue weighted by molar-refractivity contribution is -0.130. The molecule has 412 valence electrons. The van der Waals surface area contributed by atoms with Gasteiger partial charge in [-0.1, -0.05) is 0 Å². The lowest BCUT2D eigenvalue weighted by Crippen LogP contribution is -2.59. The second-order valence-corrected chi connectivity index (χ2v) is 17.4. The van der Waals surface area contributed by atoms with Crippen LogP contribution in [0, 0.1) is 0 Å². The van der Waals surface area contributed by atoms with E-state index in [0.717, 1.165) is 0 Å². The van der Waals surface area contributed by atoms with Crippen molar-refractivity contribution in [1.82, 2.24) is 42.5 Å². The third-order valence-electron chi connectivity index (χ3n) is 11.2. The van der Waals surface area contributed by atoms with E-state index >= 15 is 0 Å². The lowest BCUT2D eigenvalue weighted by Gasteiger charge is -2.34. The number of methoxy groups -OCH3 is 3. The molecule has 0 spiro atoms. The molecular weight excluding hydrogens is 973 g/mol. The summed E-state index contributed by atoms with van der Waals surface area (Å²) in [7, 11) is 4.62. The van der Waals surface area contributed by atoms with Crippen LogP contribution in [0.3, 0.4) is 0 Å². The van der Waals surface area contributed by atoms with Crippen LogP contribution in [0.5, 0.6) is 17.2 Å². The first-order valence-electron chi connectivity index (χ1n) is 25.0. The largest absolute Gasteiger partial charge is 0.497 e. The predicted octanol–water partition coefficient (Wildman–Crippen LogP) is 2.20. The number of carbonyl (C=O) groups is 8. The van der Waals surface area contributed by atoms with E-state index in [1.165, 1.54) is 6.92 Å². The van der Waals surface area contributed by atoms with Gasteiger partial charge in [0.2, 0.25) is 29.5 Å². The smallest absolute Gasteiger partial charge is 0.251 e. The van der Waals surface area contributed by atoms with Gasteiger partial charge in [0.15, 0.2) is 0 Å². The van der Waals surface area contributed by atoms with E-state index in [1.54, 1.807) is 101 Å². The topological polar surface area (TPSA) is 288 Å². The number of benzene rings is 3. The quantitative estimate of drug-likeness (QED) is 0.0382. The Morgan fingerprint density at radius 3 is 1.04 bits per heavy atom. The van der Waals surface area contributed by atoms with Crippen molar-refractivity contribution >= 4 is 47.3 Å². The van der Waals surface area contributed by atoms with Crippen molar-refractivity contribution in [3.05, 3.63) is 89.5 Å². The van der Waals surface area contributed by atoms with Crippen molar-refractivity contribution in [3.63, 3.8) is 0 Å². The molecule has 1 unspecified atom stereocenters. The summed E-state index contributed by atoms with van der Waals surface area (Å²) in [5, 5.41) is 22.6. The molecule has 0 fully saturated rings. The van der Waals surface area contributed by atoms with Crippen molar-refractivity contribution in [1.29, 1.82) is 0 Å². The van der Waals surface area contributed by atoms with Gasteiger partial charge < -0.3 is 71.0 Å². The Hall–Kier alpha value is -7.30. The summed E-state index contributed by atoms with van der Waals surface area (Å²) < 4.78 is 33.4. The van der Waals surface area contributed by atoms with Gasteiger partial charge >= 0.3 is 0 Å². The molecule has 0 aliphatic carbocycles. The third-order valence-corrected chi connectivity index (χ3v) is 11.2. The molecule has 0 saturated heterocycles. The highest BCUT2D eigenvalue weighted by molar-refractivity contribution is 5.95. The Balaban J connectivity index is 1.55. The monoisotopic (exact) mass is 1050 g/mol. The van der Waals surface area contributed by atoms with E-state index in [1.807, 2.05) is 0 Å². The first kappa shape index (κ1) is 62.0. The first-order valence-corrected chi connectivity index (χ1v) is 25.0. The highest BCUT2D eigenvalue weighted by Gasteiger charge is 2.34. The summed E-state index contributed by atoms with van der Waals surface area (Å²) in [4.78, 5) is 101. The number of amides is 8. The Morgan fingerprint density at radius 2 is 0.747 bits per heavy atom. The Labute approximate surface area is 439 Å². The SMILES string of the molecule is COc1ccc(C(=O)NCCCNC(=O)CCOCC(COCCC(=O)NCCCNC(=O)c2ccc(OC)cc2)(COCCC(=O)NCCCNC(=O)c2ccc(OC)cc2)NC(=O)CCC(C)NC(C)=O)cc1. The van der Waals surface area contributed by atoms with Crippen molar-refractivity contribution in [2.75, 3.05) is 100 Å². The zero-order valence-corrected chi connectivity index (χ0v) is 43.9. The highest BCUT2D eigenvalue weighted by Crippen LogP contribution is 2.15. The van der Waals surface area contributed by atoms with Gasteiger partial charge in [0.25, 0.3) is 17.7 Å². The molecule has 0 aliphatic heterocycles. The zero-order chi connectivity index (χ0) is 54.7. The molecule has 3 rings (SSSR count). The summed E-state index contributed by atoms with van der Waals surface area (Å²) in [5.41, 5.74) is 0.0743. The number of rotatable bonds is 38. The molecule has 0 aromatic heterocycles. The molecule has 8 N–H and O–H groups in total. The second-order valence-electron chi connectivity index (χ2n) is 17.4. The second kappa shape index (κ2) is 35.8. The Bertz CT molecular complexity index is 2010. The molecule has 0 bridgehead atoms. The minimum absolute atomic E-state index is 0.0120. The van der Waals surface area contributed by atoms with Crippen LogP contribution in [0.4, 0.5) is 0 Å². The Kier molecular flexibility index (Phi) is 29.6. The lowest BCUT2D eigenvalue weighted by atomic mass is 10.0. The molecule has 0 heterocycles. The average molecular weight is 1050 g/mol. The summed E-state index contributed by atoms with van der Waals surface area (Å²) in [6, 6.07) is 19.8. The van der Waals surface area contributed by atoms with Crippen LogP contribution in [-0.4, -0.2) is 159 Å². The van der Waals surface area contributed by atoms with Gasteiger partial charge in [-0.15, -0.1) is 0 Å². The molecule has 22 heteroatoms. The van der Waals surface area contributed by atoms with E-state index in [0.29, 0.717) is 98.9 Å². The van der Waals surface area contributed by atoms with Crippen LogP contribution in [0.25, 0.3) is 0 Å². The van der Waals surface area contributed by atoms with Gasteiger partial charge in [0.05, 0.1) is 61.0 Å². The molecule has 0 radical (unpaired) electrons. The van der Waals surface area contributed by atoms with Crippen LogP contribution in [0.2, 0.25) is 0 Å². The number of hydrogen-bond acceptors (Lipinski definition) is 14. The van der Waals surface area contributed by atoms with Crippen LogP contribution in [0.15, 0.2) is 72.8 Å². The zero-order valence-electron chi connectivity index (χ0n) is 43.9. The molecule has 0 saturated carbocycles. The summed E-state index contributed by atoms with van der Waals surface area (Å²) in [6.07, 6.45) is 1.65. The Morgan fingerprint density at radius 1 is 0.440 bits per heavy atom. The van der Waals surface area contributed by atoms with Gasteiger partial charge in [-0.3, -0.25) is 38.4 Å². The fourth-order valence-electron chi connectivity index (χ4n) is 7.01. The van der Waals surface area contributed by atoms with Crippen molar-refractivity contribution in [3.8, 4) is 17.2 Å². The van der Waals surface area contributed by atoms with Crippen LogP contribution >= 0.6 is 0 Å². The summed E-state index contributed by atoms with van der Waals surface area (Å²) in [5.74, 6) is -0.423.